The van der Waals surface area contributed by atoms with Gasteiger partial charge in [-0.3, -0.25) is 10.2 Å². The highest BCUT2D eigenvalue weighted by atomic mass is 16.2. The Balaban J connectivity index is 1.71. The van der Waals surface area contributed by atoms with Gasteiger partial charge in [-0.15, -0.1) is 0 Å². The topological polar surface area (TPSA) is 35.6 Å². The summed E-state index contributed by atoms with van der Waals surface area (Å²) in [5, 5.41) is 2.03. The second-order valence-electron chi connectivity index (χ2n) is 5.31. The lowest BCUT2D eigenvalue weighted by molar-refractivity contribution is -0.126. The van der Waals surface area contributed by atoms with Gasteiger partial charge in [0, 0.05) is 32.6 Å². The molecule has 2 rings (SSSR count). The molecule has 1 saturated heterocycles. The van der Waals surface area contributed by atoms with E-state index in [1.54, 1.807) is 0 Å². The number of rotatable bonds is 4. The number of hydrogen-bond acceptors (Lipinski definition) is 3. The van der Waals surface area contributed by atoms with Crippen LogP contribution in [0.1, 0.15) is 17.5 Å². The van der Waals surface area contributed by atoms with Gasteiger partial charge in [0.15, 0.2) is 0 Å². The molecule has 0 radical (unpaired) electrons. The van der Waals surface area contributed by atoms with Crippen LogP contribution in [0.25, 0.3) is 0 Å². The summed E-state index contributed by atoms with van der Waals surface area (Å²) in [5.41, 5.74) is 5.47. The highest BCUT2D eigenvalue weighted by Gasteiger charge is 2.15. The van der Waals surface area contributed by atoms with E-state index in [-0.39, 0.29) is 5.91 Å². The molecular weight excluding hydrogens is 238 g/mol. The van der Waals surface area contributed by atoms with Crippen LogP contribution in [0.5, 0.6) is 0 Å². The number of hydrogen-bond donors (Lipinski definition) is 1. The normalized spacial score (nSPS) is 17.4. The van der Waals surface area contributed by atoms with Crippen molar-refractivity contribution < 1.29 is 4.79 Å². The molecule has 1 aromatic carbocycles. The molecule has 0 atom stereocenters. The Hall–Kier alpha value is -1.39. The summed E-state index contributed by atoms with van der Waals surface area (Å²) in [6.07, 6.45) is 1.36. The molecule has 1 N–H and O–H groups in total. The molecule has 1 fully saturated rings. The lowest BCUT2D eigenvalue weighted by atomic mass is 10.1. The van der Waals surface area contributed by atoms with E-state index in [1.807, 2.05) is 5.01 Å². The first-order valence-corrected chi connectivity index (χ1v) is 6.92. The van der Waals surface area contributed by atoms with E-state index in [0.717, 1.165) is 32.6 Å². The maximum absolute atomic E-state index is 11.9. The predicted molar refractivity (Wildman–Crippen MR) is 76.7 cm³/mol. The number of carbonyl (C=O) groups is 1. The van der Waals surface area contributed by atoms with Crippen LogP contribution in [0, 0.1) is 6.92 Å². The molecule has 4 nitrogen and oxygen atoms in total. The van der Waals surface area contributed by atoms with Crippen LogP contribution in [0.2, 0.25) is 0 Å². The van der Waals surface area contributed by atoms with Crippen molar-refractivity contribution in [3.63, 3.8) is 0 Å². The smallest absolute Gasteiger partial charge is 0.234 e. The van der Waals surface area contributed by atoms with Crippen molar-refractivity contribution in [1.29, 1.82) is 0 Å². The molecular formula is C15H23N3O. The van der Waals surface area contributed by atoms with Gasteiger partial charge in [-0.1, -0.05) is 29.8 Å². The second-order valence-corrected chi connectivity index (χ2v) is 5.31. The monoisotopic (exact) mass is 261 g/mol. The van der Waals surface area contributed by atoms with Crippen LogP contribution in [-0.2, 0) is 11.2 Å². The van der Waals surface area contributed by atoms with Gasteiger partial charge >= 0.3 is 0 Å². The zero-order valence-electron chi connectivity index (χ0n) is 11.9. The third-order valence-electron chi connectivity index (χ3n) is 3.55. The van der Waals surface area contributed by atoms with E-state index in [0.29, 0.717) is 6.42 Å². The molecule has 0 unspecified atom stereocenters. The molecule has 19 heavy (non-hydrogen) atoms. The third kappa shape index (κ3) is 4.65. The van der Waals surface area contributed by atoms with Gasteiger partial charge < -0.3 is 4.90 Å². The first kappa shape index (κ1) is 14.0. The Labute approximate surface area is 115 Å². The molecule has 1 aliphatic heterocycles. The van der Waals surface area contributed by atoms with Crippen LogP contribution >= 0.6 is 0 Å². The number of aryl methyl sites for hydroxylation is 2. The number of hydrazine groups is 1. The van der Waals surface area contributed by atoms with Gasteiger partial charge in [-0.2, -0.15) is 0 Å². The van der Waals surface area contributed by atoms with Crippen molar-refractivity contribution in [2.24, 2.45) is 0 Å². The average Bonchev–Trinajstić information content (AvgIpc) is 2.41. The highest BCUT2D eigenvalue weighted by Crippen LogP contribution is 2.06. The minimum atomic E-state index is 0.116. The van der Waals surface area contributed by atoms with Gasteiger partial charge in [0.2, 0.25) is 5.91 Å². The first-order chi connectivity index (χ1) is 9.13. The summed E-state index contributed by atoms with van der Waals surface area (Å²) in [7, 11) is 2.11. The van der Waals surface area contributed by atoms with Crippen LogP contribution in [-0.4, -0.2) is 49.0 Å². The standard InChI is InChI=1S/C15H23N3O/c1-13-3-5-14(6-4-13)7-8-15(19)16-18-11-9-17(2)10-12-18/h3-6H,7-12H2,1-2H3,(H,16,19). The summed E-state index contributed by atoms with van der Waals surface area (Å²) in [5.74, 6) is 0.116. The quantitative estimate of drug-likeness (QED) is 0.885. The lowest BCUT2D eigenvalue weighted by Crippen LogP contribution is -2.52. The number of amides is 1. The Morgan fingerprint density at radius 2 is 1.79 bits per heavy atom. The lowest BCUT2D eigenvalue weighted by Gasteiger charge is -2.32. The van der Waals surface area contributed by atoms with E-state index < -0.39 is 0 Å². The van der Waals surface area contributed by atoms with Gasteiger partial charge in [-0.05, 0) is 26.0 Å². The van der Waals surface area contributed by atoms with Crippen molar-refractivity contribution in [3.05, 3.63) is 35.4 Å². The fourth-order valence-electron chi connectivity index (χ4n) is 2.16. The molecule has 0 bridgehead atoms. The molecule has 1 amide bonds. The summed E-state index contributed by atoms with van der Waals surface area (Å²) in [4.78, 5) is 14.1. The van der Waals surface area contributed by atoms with Gasteiger partial charge in [-0.25, -0.2) is 5.01 Å². The van der Waals surface area contributed by atoms with Crippen LogP contribution in [0.3, 0.4) is 0 Å². The predicted octanol–water partition coefficient (Wildman–Crippen LogP) is 1.21. The minimum Gasteiger partial charge on any atom is -0.304 e. The molecule has 1 aliphatic rings. The van der Waals surface area contributed by atoms with Crippen LogP contribution < -0.4 is 5.43 Å². The third-order valence-corrected chi connectivity index (χ3v) is 3.55. The maximum atomic E-state index is 11.9. The Bertz CT molecular complexity index is 408. The van der Waals surface area contributed by atoms with Crippen LogP contribution in [0.15, 0.2) is 24.3 Å². The van der Waals surface area contributed by atoms with E-state index in [4.69, 9.17) is 0 Å². The first-order valence-electron chi connectivity index (χ1n) is 6.92. The van der Waals surface area contributed by atoms with E-state index in [9.17, 15) is 4.79 Å². The van der Waals surface area contributed by atoms with Gasteiger partial charge in [0.25, 0.3) is 0 Å². The van der Waals surface area contributed by atoms with E-state index >= 15 is 0 Å². The summed E-state index contributed by atoms with van der Waals surface area (Å²) in [6.45, 7) is 5.92. The number of benzene rings is 1. The Morgan fingerprint density at radius 3 is 2.42 bits per heavy atom. The largest absolute Gasteiger partial charge is 0.304 e. The summed E-state index contributed by atoms with van der Waals surface area (Å²) >= 11 is 0. The summed E-state index contributed by atoms with van der Waals surface area (Å²) < 4.78 is 0. The fourth-order valence-corrected chi connectivity index (χ4v) is 2.16. The Kier molecular flexibility index (Phi) is 4.93. The van der Waals surface area contributed by atoms with Crippen molar-refractivity contribution in [3.8, 4) is 0 Å². The van der Waals surface area contributed by atoms with E-state index in [1.165, 1.54) is 11.1 Å². The van der Waals surface area contributed by atoms with Gasteiger partial charge in [0.05, 0.1) is 0 Å². The Morgan fingerprint density at radius 1 is 1.16 bits per heavy atom. The number of nitrogens with zero attached hydrogens (tertiary/aromatic N) is 2. The molecule has 0 aromatic heterocycles. The number of carbonyl (C=O) groups excluding carboxylic acids is 1. The molecule has 0 saturated carbocycles. The summed E-state index contributed by atoms with van der Waals surface area (Å²) in [6, 6.07) is 8.37. The SMILES string of the molecule is Cc1ccc(CCC(=O)NN2CCN(C)CC2)cc1. The van der Waals surface area contributed by atoms with Crippen molar-refractivity contribution in [1.82, 2.24) is 15.3 Å². The van der Waals surface area contributed by atoms with Crippen molar-refractivity contribution in [2.45, 2.75) is 19.8 Å². The minimum absolute atomic E-state index is 0.116. The second kappa shape index (κ2) is 6.68. The van der Waals surface area contributed by atoms with Crippen molar-refractivity contribution >= 4 is 5.91 Å². The molecule has 1 aromatic rings. The fraction of sp³-hybridized carbons (Fsp3) is 0.533. The molecule has 1 heterocycles. The molecule has 0 aliphatic carbocycles. The van der Waals surface area contributed by atoms with E-state index in [2.05, 4.69) is 48.6 Å². The number of likely N-dealkylation sites (N-methyl/N-ethyl adjacent to an activating group) is 1. The maximum Gasteiger partial charge on any atom is 0.234 e. The zero-order valence-corrected chi connectivity index (χ0v) is 11.9. The average molecular weight is 261 g/mol. The highest BCUT2D eigenvalue weighted by molar-refractivity contribution is 5.75. The number of nitrogens with one attached hydrogen (secondary N) is 1. The zero-order chi connectivity index (χ0) is 13.7. The van der Waals surface area contributed by atoms with Gasteiger partial charge in [0.1, 0.15) is 0 Å². The number of piperazine rings is 1. The molecule has 4 heteroatoms. The van der Waals surface area contributed by atoms with Crippen LogP contribution in [0.4, 0.5) is 0 Å². The molecule has 0 spiro atoms. The van der Waals surface area contributed by atoms with Crippen molar-refractivity contribution in [2.75, 3.05) is 33.2 Å². The molecule has 104 valence electrons.